The van der Waals surface area contributed by atoms with Crippen LogP contribution in [0.2, 0.25) is 0 Å². The number of rotatable bonds is 2. The molecule has 0 unspecified atom stereocenters. The van der Waals surface area contributed by atoms with E-state index in [-0.39, 0.29) is 24.8 Å². The molecule has 2 aromatic heterocycles. The lowest BCUT2D eigenvalue weighted by atomic mass is 10.5. The minimum atomic E-state index is -0.120. The van der Waals surface area contributed by atoms with Crippen LogP contribution in [0, 0.1) is 0 Å². The van der Waals surface area contributed by atoms with Gasteiger partial charge < -0.3 is 30.7 Å². The van der Waals surface area contributed by atoms with E-state index in [9.17, 15) is 0 Å². The van der Waals surface area contributed by atoms with Crippen LogP contribution < -0.4 is 11.5 Å². The molecule has 88 valence electrons. The van der Waals surface area contributed by atoms with E-state index in [4.69, 9.17) is 21.7 Å². The molecule has 0 radical (unpaired) electrons. The van der Waals surface area contributed by atoms with Crippen LogP contribution in [-0.2, 0) is 13.1 Å². The Kier molecular flexibility index (Phi) is 4.30. The highest BCUT2D eigenvalue weighted by Crippen LogP contribution is 2.07. The second-order valence-corrected chi connectivity index (χ2v) is 2.71. The van der Waals surface area contributed by atoms with Gasteiger partial charge in [0.05, 0.1) is 13.1 Å². The second kappa shape index (κ2) is 5.73. The molecule has 16 heavy (non-hydrogen) atoms. The third kappa shape index (κ3) is 3.59. The summed E-state index contributed by atoms with van der Waals surface area (Å²) in [5, 5.41) is 23.4. The van der Waals surface area contributed by atoms with Crippen molar-refractivity contribution in [1.29, 1.82) is 0 Å². The number of aromatic nitrogens is 2. The predicted molar refractivity (Wildman–Crippen MR) is 52.1 cm³/mol. The summed E-state index contributed by atoms with van der Waals surface area (Å²) in [5.41, 5.74) is 10.2. The van der Waals surface area contributed by atoms with Gasteiger partial charge in [-0.3, -0.25) is 0 Å². The third-order valence-electron chi connectivity index (χ3n) is 1.50. The van der Waals surface area contributed by atoms with Gasteiger partial charge in [-0.25, -0.2) is 0 Å². The molecule has 2 heterocycles. The van der Waals surface area contributed by atoms with Crippen LogP contribution in [0.1, 0.15) is 11.5 Å². The van der Waals surface area contributed by atoms with Crippen molar-refractivity contribution >= 4 is 0 Å². The molecule has 8 nitrogen and oxygen atoms in total. The van der Waals surface area contributed by atoms with E-state index in [2.05, 4.69) is 19.4 Å². The molecule has 0 aliphatic heterocycles. The van der Waals surface area contributed by atoms with Gasteiger partial charge in [-0.15, -0.1) is 0 Å². The molecule has 0 bridgehead atoms. The van der Waals surface area contributed by atoms with E-state index >= 15 is 0 Å². The lowest BCUT2D eigenvalue weighted by molar-refractivity contribution is 0.342. The molecule has 6 N–H and O–H groups in total. The number of hydrogen-bond acceptors (Lipinski definition) is 8. The van der Waals surface area contributed by atoms with Gasteiger partial charge in [-0.05, 0) is 10.3 Å². The first-order valence-electron chi connectivity index (χ1n) is 4.35. The average molecular weight is 228 g/mol. The average Bonchev–Trinajstić information content (AvgIpc) is 2.88. The van der Waals surface area contributed by atoms with Crippen molar-refractivity contribution in [2.24, 2.45) is 11.5 Å². The van der Waals surface area contributed by atoms with E-state index < -0.39 is 0 Å². The Bertz CT molecular complexity index is 385. The Morgan fingerprint density at radius 1 is 0.938 bits per heavy atom. The van der Waals surface area contributed by atoms with Crippen molar-refractivity contribution in [3.05, 3.63) is 23.7 Å². The van der Waals surface area contributed by atoms with Crippen molar-refractivity contribution in [3.8, 4) is 11.8 Å². The maximum Gasteiger partial charge on any atom is 0.251 e. The van der Waals surface area contributed by atoms with Crippen molar-refractivity contribution in [2.45, 2.75) is 13.1 Å². The summed E-state index contributed by atoms with van der Waals surface area (Å²) in [4.78, 5) is 0. The van der Waals surface area contributed by atoms with E-state index in [0.717, 1.165) is 0 Å². The molecule has 0 fully saturated rings. The Morgan fingerprint density at radius 3 is 1.44 bits per heavy atom. The van der Waals surface area contributed by atoms with Crippen LogP contribution in [0.15, 0.2) is 21.2 Å². The fraction of sp³-hybridized carbons (Fsp3) is 0.250. The molecule has 0 aliphatic carbocycles. The normalized spacial score (nSPS) is 9.62. The molecule has 2 rings (SSSR count). The largest absolute Gasteiger partial charge is 0.491 e. The van der Waals surface area contributed by atoms with E-state index in [1.165, 1.54) is 12.1 Å². The molecule has 0 saturated heterocycles. The molecular formula is C8H12N4O4. The molecule has 0 atom stereocenters. The van der Waals surface area contributed by atoms with Crippen LogP contribution in [0.5, 0.6) is 11.8 Å². The first-order chi connectivity index (χ1) is 7.65. The standard InChI is InChI=1S/2C4H6N2O2/c2*5-2-3-1-4(7)6-8-3/h2*1H,2,5H2,(H,6,7). The Morgan fingerprint density at radius 2 is 1.31 bits per heavy atom. The quantitative estimate of drug-likeness (QED) is 0.547. The van der Waals surface area contributed by atoms with Gasteiger partial charge in [0.25, 0.3) is 11.8 Å². The molecule has 0 aromatic carbocycles. The topological polar surface area (TPSA) is 145 Å². The summed E-state index contributed by atoms with van der Waals surface area (Å²) < 4.78 is 8.98. The molecule has 0 spiro atoms. The Balaban J connectivity index is 0.000000160. The maximum absolute atomic E-state index is 8.52. The van der Waals surface area contributed by atoms with E-state index in [1.54, 1.807) is 0 Å². The highest BCUT2D eigenvalue weighted by Gasteiger charge is 1.97. The van der Waals surface area contributed by atoms with Crippen LogP contribution >= 0.6 is 0 Å². The van der Waals surface area contributed by atoms with Gasteiger partial charge >= 0.3 is 0 Å². The number of hydrogen-bond donors (Lipinski definition) is 4. The maximum atomic E-state index is 8.52. The van der Waals surface area contributed by atoms with Crippen molar-refractivity contribution in [3.63, 3.8) is 0 Å². The van der Waals surface area contributed by atoms with Gasteiger partial charge in [-0.1, -0.05) is 0 Å². The predicted octanol–water partition coefficient (Wildman–Crippen LogP) is -0.322. The van der Waals surface area contributed by atoms with Crippen LogP contribution in [-0.4, -0.2) is 20.5 Å². The summed E-state index contributed by atoms with van der Waals surface area (Å²) in [6.45, 7) is 0.543. The fourth-order valence-corrected chi connectivity index (χ4v) is 0.797. The fourth-order valence-electron chi connectivity index (χ4n) is 0.797. The Hall–Kier alpha value is -2.06. The molecular weight excluding hydrogens is 216 g/mol. The summed E-state index contributed by atoms with van der Waals surface area (Å²) in [6, 6.07) is 2.75. The zero-order valence-electron chi connectivity index (χ0n) is 8.33. The van der Waals surface area contributed by atoms with Gasteiger partial charge in [0.15, 0.2) is 11.5 Å². The first-order valence-corrected chi connectivity index (χ1v) is 4.35. The third-order valence-corrected chi connectivity index (χ3v) is 1.50. The number of nitrogens with two attached hydrogens (primary N) is 2. The lowest BCUT2D eigenvalue weighted by Gasteiger charge is -1.76. The monoisotopic (exact) mass is 228 g/mol. The minimum Gasteiger partial charge on any atom is -0.491 e. The first kappa shape index (κ1) is 12.0. The van der Waals surface area contributed by atoms with Crippen LogP contribution in [0.25, 0.3) is 0 Å². The lowest BCUT2D eigenvalue weighted by Crippen LogP contribution is -1.92. The molecule has 0 aliphatic rings. The van der Waals surface area contributed by atoms with Gasteiger partial charge in [-0.2, -0.15) is 0 Å². The summed E-state index contributed by atoms with van der Waals surface area (Å²) in [6.07, 6.45) is 0. The summed E-state index contributed by atoms with van der Waals surface area (Å²) in [7, 11) is 0. The van der Waals surface area contributed by atoms with Gasteiger partial charge in [0.1, 0.15) is 0 Å². The van der Waals surface area contributed by atoms with Gasteiger partial charge in [0.2, 0.25) is 0 Å². The second-order valence-electron chi connectivity index (χ2n) is 2.71. The van der Waals surface area contributed by atoms with Gasteiger partial charge in [0, 0.05) is 12.1 Å². The Labute approximate surface area is 90.4 Å². The minimum absolute atomic E-state index is 0.120. The highest BCUT2D eigenvalue weighted by molar-refractivity contribution is 5.08. The van der Waals surface area contributed by atoms with Crippen molar-refractivity contribution in [1.82, 2.24) is 10.3 Å². The van der Waals surface area contributed by atoms with Crippen LogP contribution in [0.4, 0.5) is 0 Å². The molecule has 8 heteroatoms. The smallest absolute Gasteiger partial charge is 0.251 e. The summed E-state index contributed by atoms with van der Waals surface area (Å²) >= 11 is 0. The zero-order valence-corrected chi connectivity index (χ0v) is 8.33. The molecule has 0 amide bonds. The molecule has 2 aromatic rings. The number of nitrogens with zero attached hydrogens (tertiary/aromatic N) is 2. The SMILES string of the molecule is NCc1cc(O)no1.NCc1cc(O)no1. The highest BCUT2D eigenvalue weighted by atomic mass is 16.5. The number of aromatic hydroxyl groups is 2. The van der Waals surface area contributed by atoms with Crippen LogP contribution in [0.3, 0.4) is 0 Å². The molecule has 0 saturated carbocycles. The van der Waals surface area contributed by atoms with E-state index in [0.29, 0.717) is 11.5 Å². The van der Waals surface area contributed by atoms with Crippen molar-refractivity contribution in [2.75, 3.05) is 0 Å². The summed E-state index contributed by atoms with van der Waals surface area (Å²) in [5.74, 6) is 0.737. The zero-order chi connectivity index (χ0) is 12.0. The van der Waals surface area contributed by atoms with Crippen molar-refractivity contribution < 1.29 is 19.3 Å². The van der Waals surface area contributed by atoms with E-state index in [1.807, 2.05) is 0 Å².